The van der Waals surface area contributed by atoms with Crippen molar-refractivity contribution in [1.29, 1.82) is 5.26 Å². The Kier molecular flexibility index (Phi) is 5.04. The summed E-state index contributed by atoms with van der Waals surface area (Å²) in [5, 5.41) is 26.3. The van der Waals surface area contributed by atoms with Gasteiger partial charge in [0.1, 0.15) is 23.1 Å². The number of alkyl halides is 3. The number of nitrogens with two attached hydrogens (primary N) is 1. The Morgan fingerprint density at radius 1 is 1.10 bits per heavy atom. The quantitative estimate of drug-likeness (QED) is 0.589. The Bertz CT molecular complexity index is 1070. The van der Waals surface area contributed by atoms with E-state index < -0.39 is 28.6 Å². The first-order valence-electron chi connectivity index (χ1n) is 9.68. The molecule has 0 aliphatic carbocycles. The highest BCUT2D eigenvalue weighted by Gasteiger charge is 2.45. The number of fused-ring (bicyclic) bond motifs is 1. The molecule has 1 unspecified atom stereocenters. The molecule has 0 fully saturated rings. The molecule has 0 saturated carbocycles. The Morgan fingerprint density at radius 2 is 1.61 bits per heavy atom. The number of hydrogen-bond acceptors (Lipinski definition) is 5. The van der Waals surface area contributed by atoms with E-state index in [0.717, 1.165) is 0 Å². The number of phenols is 1. The van der Waals surface area contributed by atoms with Crippen molar-refractivity contribution in [2.24, 2.45) is 5.73 Å². The zero-order valence-electron chi connectivity index (χ0n) is 18.2. The molecule has 9 heteroatoms. The van der Waals surface area contributed by atoms with Crippen LogP contribution in [0.5, 0.6) is 11.6 Å². The van der Waals surface area contributed by atoms with Crippen LogP contribution in [0.3, 0.4) is 0 Å². The molecule has 0 spiro atoms. The summed E-state index contributed by atoms with van der Waals surface area (Å²) in [6.45, 7) is 11.3. The highest BCUT2D eigenvalue weighted by Crippen LogP contribution is 2.49. The second kappa shape index (κ2) is 6.94. The van der Waals surface area contributed by atoms with Crippen LogP contribution in [-0.2, 0) is 17.0 Å². The summed E-state index contributed by atoms with van der Waals surface area (Å²) in [4.78, 5) is 0. The lowest BCUT2D eigenvalue weighted by atomic mass is 9.75. The molecule has 1 aromatic heterocycles. The number of phenolic OH excluding ortho intramolecular Hbond substituents is 1. The molecule has 1 atom stereocenters. The van der Waals surface area contributed by atoms with E-state index in [1.54, 1.807) is 12.1 Å². The van der Waals surface area contributed by atoms with E-state index >= 15 is 0 Å². The van der Waals surface area contributed by atoms with Gasteiger partial charge in [-0.1, -0.05) is 53.7 Å². The first kappa shape index (κ1) is 22.5. The van der Waals surface area contributed by atoms with Gasteiger partial charge >= 0.3 is 6.18 Å². The molecular formula is C22H25F3N4O2. The van der Waals surface area contributed by atoms with E-state index in [1.165, 1.54) is 0 Å². The molecule has 2 heterocycles. The van der Waals surface area contributed by atoms with Gasteiger partial charge in [0.15, 0.2) is 0 Å². The second-order valence-electron chi connectivity index (χ2n) is 9.70. The number of aromatic amines is 1. The fourth-order valence-corrected chi connectivity index (χ4v) is 3.76. The second-order valence-corrected chi connectivity index (χ2v) is 9.70. The molecule has 0 amide bonds. The van der Waals surface area contributed by atoms with Crippen LogP contribution in [0.1, 0.15) is 75.4 Å². The maximum atomic E-state index is 13.7. The molecule has 0 bridgehead atoms. The lowest BCUT2D eigenvalue weighted by molar-refractivity contribution is -0.141. The van der Waals surface area contributed by atoms with Crippen LogP contribution in [0.4, 0.5) is 13.2 Å². The van der Waals surface area contributed by atoms with Crippen molar-refractivity contribution in [3.8, 4) is 17.7 Å². The lowest BCUT2D eigenvalue weighted by Crippen LogP contribution is -2.24. The van der Waals surface area contributed by atoms with Crippen molar-refractivity contribution in [2.45, 2.75) is 64.5 Å². The number of aromatic nitrogens is 2. The van der Waals surface area contributed by atoms with Crippen molar-refractivity contribution < 1.29 is 23.0 Å². The van der Waals surface area contributed by atoms with E-state index in [4.69, 9.17) is 10.5 Å². The van der Waals surface area contributed by atoms with Crippen molar-refractivity contribution in [3.05, 3.63) is 51.5 Å². The van der Waals surface area contributed by atoms with Crippen LogP contribution in [0.15, 0.2) is 23.6 Å². The molecule has 166 valence electrons. The smallest absolute Gasteiger partial charge is 0.433 e. The van der Waals surface area contributed by atoms with Crippen molar-refractivity contribution in [1.82, 2.24) is 10.2 Å². The molecule has 1 aliphatic rings. The van der Waals surface area contributed by atoms with Gasteiger partial charge in [0.25, 0.3) is 0 Å². The molecule has 0 saturated heterocycles. The Labute approximate surface area is 178 Å². The summed E-state index contributed by atoms with van der Waals surface area (Å²) >= 11 is 0. The normalized spacial score (nSPS) is 17.2. The summed E-state index contributed by atoms with van der Waals surface area (Å²) in [6.07, 6.45) is -4.74. The molecular weight excluding hydrogens is 409 g/mol. The van der Waals surface area contributed by atoms with Crippen molar-refractivity contribution >= 4 is 0 Å². The number of H-pyrrole nitrogens is 1. The Balaban J connectivity index is 2.42. The van der Waals surface area contributed by atoms with Gasteiger partial charge in [0.2, 0.25) is 11.8 Å². The molecule has 1 aromatic carbocycles. The highest BCUT2D eigenvalue weighted by molar-refractivity contribution is 5.59. The lowest BCUT2D eigenvalue weighted by Gasteiger charge is -2.31. The van der Waals surface area contributed by atoms with Gasteiger partial charge < -0.3 is 15.6 Å². The summed E-state index contributed by atoms with van der Waals surface area (Å²) in [5.74, 6) is -1.71. The minimum atomic E-state index is -4.74. The average molecular weight is 434 g/mol. The Hall–Kier alpha value is -3.15. The SMILES string of the molecule is CC(C)(C)c1cc(C2C(C#N)=C(N)Oc3n[nH]c(C(F)(F)F)c32)cc(C(C)(C)C)c1O. The van der Waals surface area contributed by atoms with Crippen LogP contribution in [-0.4, -0.2) is 15.3 Å². The van der Waals surface area contributed by atoms with E-state index in [-0.39, 0.29) is 28.6 Å². The first-order valence-corrected chi connectivity index (χ1v) is 9.68. The molecule has 1 aliphatic heterocycles. The van der Waals surface area contributed by atoms with Gasteiger partial charge in [-0.25, -0.2) is 0 Å². The average Bonchev–Trinajstić information content (AvgIpc) is 3.02. The number of aromatic hydroxyl groups is 1. The third-order valence-electron chi connectivity index (χ3n) is 5.30. The minimum absolute atomic E-state index is 0.0785. The third kappa shape index (κ3) is 3.82. The first-order chi connectivity index (χ1) is 14.1. The number of nitrogens with zero attached hydrogens (tertiary/aromatic N) is 2. The maximum Gasteiger partial charge on any atom is 0.433 e. The van der Waals surface area contributed by atoms with Gasteiger partial charge in [0.05, 0.1) is 11.5 Å². The van der Waals surface area contributed by atoms with Crippen molar-refractivity contribution in [3.63, 3.8) is 0 Å². The van der Waals surface area contributed by atoms with E-state index in [0.29, 0.717) is 16.7 Å². The number of nitriles is 1. The number of allylic oxidation sites excluding steroid dienone is 1. The number of ether oxygens (including phenoxy) is 1. The fraction of sp³-hybridized carbons (Fsp3) is 0.455. The van der Waals surface area contributed by atoms with Gasteiger partial charge in [-0.3, -0.25) is 5.10 Å². The molecule has 2 aromatic rings. The fourth-order valence-electron chi connectivity index (χ4n) is 3.76. The molecule has 0 radical (unpaired) electrons. The molecule has 3 rings (SSSR count). The number of benzene rings is 1. The molecule has 6 nitrogen and oxygen atoms in total. The van der Waals surface area contributed by atoms with Gasteiger partial charge in [-0.2, -0.15) is 18.4 Å². The topological polar surface area (TPSA) is 108 Å². The molecule has 4 N–H and O–H groups in total. The van der Waals surface area contributed by atoms with E-state index in [9.17, 15) is 23.5 Å². The predicted molar refractivity (Wildman–Crippen MR) is 108 cm³/mol. The number of nitrogens with one attached hydrogen (secondary N) is 1. The van der Waals surface area contributed by atoms with Crippen LogP contribution in [0.2, 0.25) is 0 Å². The van der Waals surface area contributed by atoms with Crippen LogP contribution >= 0.6 is 0 Å². The van der Waals surface area contributed by atoms with Gasteiger partial charge in [0, 0.05) is 0 Å². The zero-order chi connectivity index (χ0) is 23.5. The standard InChI is InChI=1S/C22H25F3N4O2/c1-20(2,3)12-7-10(8-13(16(12)30)21(4,5)6)14-11(9-26)18(27)31-19-15(14)17(28-29-19)22(23,24)25/h7-8,14,30H,27H2,1-6H3,(H,28,29). The monoisotopic (exact) mass is 434 g/mol. The summed E-state index contributed by atoms with van der Waals surface area (Å²) in [7, 11) is 0. The predicted octanol–water partition coefficient (Wildman–Crippen LogP) is 4.95. The number of hydrogen-bond donors (Lipinski definition) is 3. The minimum Gasteiger partial charge on any atom is -0.507 e. The third-order valence-corrected chi connectivity index (χ3v) is 5.30. The number of halogens is 3. The largest absolute Gasteiger partial charge is 0.507 e. The highest BCUT2D eigenvalue weighted by atomic mass is 19.4. The van der Waals surface area contributed by atoms with Gasteiger partial charge in [-0.05, 0) is 27.5 Å². The van der Waals surface area contributed by atoms with Crippen LogP contribution in [0.25, 0.3) is 0 Å². The van der Waals surface area contributed by atoms with Crippen LogP contribution < -0.4 is 10.5 Å². The summed E-state index contributed by atoms with van der Waals surface area (Å²) in [6, 6.07) is 5.15. The van der Waals surface area contributed by atoms with E-state index in [1.807, 2.05) is 52.7 Å². The van der Waals surface area contributed by atoms with Crippen molar-refractivity contribution in [2.75, 3.05) is 0 Å². The number of rotatable bonds is 1. The van der Waals surface area contributed by atoms with E-state index in [2.05, 4.69) is 5.10 Å². The zero-order valence-corrected chi connectivity index (χ0v) is 18.2. The van der Waals surface area contributed by atoms with Gasteiger partial charge in [-0.15, -0.1) is 5.10 Å². The maximum absolute atomic E-state index is 13.7. The Morgan fingerprint density at radius 3 is 2.03 bits per heavy atom. The molecule has 31 heavy (non-hydrogen) atoms. The van der Waals surface area contributed by atoms with Crippen LogP contribution in [0, 0.1) is 11.3 Å². The summed E-state index contributed by atoms with van der Waals surface area (Å²) < 4.78 is 46.4. The summed E-state index contributed by atoms with van der Waals surface area (Å²) in [5.41, 5.74) is 4.79.